The highest BCUT2D eigenvalue weighted by molar-refractivity contribution is 6.31. The lowest BCUT2D eigenvalue weighted by molar-refractivity contribution is 0.249. The van der Waals surface area contributed by atoms with E-state index in [4.69, 9.17) is 21.1 Å². The number of carbonyl (C=O) groups excluding carboxylic acids is 1. The van der Waals surface area contributed by atoms with Crippen LogP contribution in [0.25, 0.3) is 0 Å². The van der Waals surface area contributed by atoms with E-state index < -0.39 is 0 Å². The summed E-state index contributed by atoms with van der Waals surface area (Å²) in [5.41, 5.74) is 2.39. The molecule has 0 aliphatic rings. The third-order valence-electron chi connectivity index (χ3n) is 4.30. The van der Waals surface area contributed by atoms with Crippen LogP contribution in [-0.4, -0.2) is 26.8 Å². The first-order valence-corrected chi connectivity index (χ1v) is 8.68. The number of anilines is 1. The molecule has 0 atom stereocenters. The van der Waals surface area contributed by atoms with E-state index in [1.165, 1.54) is 0 Å². The molecule has 26 heavy (non-hydrogen) atoms. The Hall–Kier alpha value is -2.40. The van der Waals surface area contributed by atoms with Gasteiger partial charge < -0.3 is 20.1 Å². The summed E-state index contributed by atoms with van der Waals surface area (Å²) in [6.07, 6.45) is 0. The maximum atomic E-state index is 12.3. The predicted molar refractivity (Wildman–Crippen MR) is 106 cm³/mol. The maximum Gasteiger partial charge on any atom is 0.319 e. The van der Waals surface area contributed by atoms with Crippen LogP contribution in [0.15, 0.2) is 36.4 Å². The predicted octanol–water partition coefficient (Wildman–Crippen LogP) is 4.76. The number of nitrogens with one attached hydrogen (secondary N) is 2. The van der Waals surface area contributed by atoms with Crippen LogP contribution in [0.2, 0.25) is 5.02 Å². The zero-order chi connectivity index (χ0) is 19.3. The summed E-state index contributed by atoms with van der Waals surface area (Å²) in [5.74, 6) is 1.34. The molecule has 0 spiro atoms. The van der Waals surface area contributed by atoms with Crippen LogP contribution < -0.4 is 20.1 Å². The minimum atomic E-state index is -0.291. The number of rotatable bonds is 6. The molecule has 0 saturated carbocycles. The molecule has 0 heterocycles. The Kier molecular flexibility index (Phi) is 6.37. The van der Waals surface area contributed by atoms with Gasteiger partial charge in [0.2, 0.25) is 0 Å². The summed E-state index contributed by atoms with van der Waals surface area (Å²) < 4.78 is 10.6. The van der Waals surface area contributed by atoms with Gasteiger partial charge in [0.05, 0.1) is 14.2 Å². The molecular weight excluding hydrogens is 352 g/mol. The number of ether oxygens (including phenoxy) is 2. The average Bonchev–Trinajstić information content (AvgIpc) is 2.62. The fourth-order valence-electron chi connectivity index (χ4n) is 2.56. The van der Waals surface area contributed by atoms with Gasteiger partial charge >= 0.3 is 6.03 Å². The number of hydrogen-bond acceptors (Lipinski definition) is 3. The summed E-state index contributed by atoms with van der Waals surface area (Å²) >= 11 is 5.99. The van der Waals surface area contributed by atoms with Gasteiger partial charge in [0, 0.05) is 22.7 Å². The molecule has 0 unspecified atom stereocenters. The lowest BCUT2D eigenvalue weighted by Crippen LogP contribution is -2.39. The van der Waals surface area contributed by atoms with Crippen molar-refractivity contribution in [3.8, 4) is 11.5 Å². The quantitative estimate of drug-likeness (QED) is 0.763. The first kappa shape index (κ1) is 19.9. The van der Waals surface area contributed by atoms with Gasteiger partial charge in [-0.2, -0.15) is 0 Å². The van der Waals surface area contributed by atoms with E-state index in [1.807, 2.05) is 31.2 Å². The van der Waals surface area contributed by atoms with Crippen molar-refractivity contribution in [1.82, 2.24) is 5.32 Å². The largest absolute Gasteiger partial charge is 0.493 e. The molecule has 2 aromatic carbocycles. The molecule has 0 bridgehead atoms. The Balaban J connectivity index is 2.05. The summed E-state index contributed by atoms with van der Waals surface area (Å²) in [4.78, 5) is 12.3. The number of urea groups is 1. The molecule has 2 rings (SSSR count). The minimum Gasteiger partial charge on any atom is -0.493 e. The van der Waals surface area contributed by atoms with Crippen LogP contribution in [0, 0.1) is 6.92 Å². The van der Waals surface area contributed by atoms with Crippen molar-refractivity contribution < 1.29 is 14.3 Å². The van der Waals surface area contributed by atoms with E-state index >= 15 is 0 Å². The van der Waals surface area contributed by atoms with Gasteiger partial charge in [-0.05, 0) is 42.3 Å². The van der Waals surface area contributed by atoms with Crippen molar-refractivity contribution in [2.45, 2.75) is 26.2 Å². The first-order valence-electron chi connectivity index (χ1n) is 8.30. The minimum absolute atomic E-state index is 0.274. The summed E-state index contributed by atoms with van der Waals surface area (Å²) in [6, 6.07) is 10.9. The second kappa shape index (κ2) is 8.32. The summed E-state index contributed by atoms with van der Waals surface area (Å²) in [5, 5.41) is 6.33. The highest BCUT2D eigenvalue weighted by Crippen LogP contribution is 2.33. The molecule has 6 heteroatoms. The van der Waals surface area contributed by atoms with E-state index in [2.05, 4.69) is 24.5 Å². The molecule has 2 aromatic rings. The Morgan fingerprint density at radius 3 is 2.42 bits per heavy atom. The monoisotopic (exact) mass is 376 g/mol. The maximum absolute atomic E-state index is 12.3. The lowest BCUT2D eigenvalue weighted by atomic mass is 9.84. The van der Waals surface area contributed by atoms with E-state index in [-0.39, 0.29) is 11.4 Å². The second-order valence-corrected chi connectivity index (χ2v) is 7.16. The smallest absolute Gasteiger partial charge is 0.319 e. The van der Waals surface area contributed by atoms with Gasteiger partial charge in [-0.15, -0.1) is 0 Å². The van der Waals surface area contributed by atoms with Crippen molar-refractivity contribution in [3.05, 3.63) is 52.5 Å². The molecule has 0 aliphatic carbocycles. The van der Waals surface area contributed by atoms with Gasteiger partial charge in [0.25, 0.3) is 0 Å². The Labute approximate surface area is 159 Å². The number of hydrogen-bond donors (Lipinski definition) is 2. The van der Waals surface area contributed by atoms with Gasteiger partial charge in [0.1, 0.15) is 0 Å². The number of amides is 2. The highest BCUT2D eigenvalue weighted by Gasteiger charge is 2.23. The molecule has 0 aliphatic heterocycles. The molecular formula is C20H25ClN2O3. The number of carbonyl (C=O) groups is 1. The van der Waals surface area contributed by atoms with Crippen molar-refractivity contribution in [2.24, 2.45) is 0 Å². The number of methoxy groups -OCH3 is 2. The average molecular weight is 377 g/mol. The third kappa shape index (κ3) is 4.82. The topological polar surface area (TPSA) is 59.6 Å². The molecule has 0 saturated heterocycles. The van der Waals surface area contributed by atoms with Crippen LogP contribution in [0.4, 0.5) is 10.5 Å². The zero-order valence-corrected chi connectivity index (χ0v) is 16.5. The van der Waals surface area contributed by atoms with Crippen LogP contribution in [0.3, 0.4) is 0 Å². The Bertz CT molecular complexity index is 791. The summed E-state index contributed by atoms with van der Waals surface area (Å²) in [7, 11) is 3.21. The van der Waals surface area contributed by atoms with Gasteiger partial charge in [-0.1, -0.05) is 37.6 Å². The number of aryl methyl sites for hydroxylation is 1. The molecule has 140 valence electrons. The Morgan fingerprint density at radius 1 is 1.08 bits per heavy atom. The van der Waals surface area contributed by atoms with E-state index in [1.54, 1.807) is 26.4 Å². The third-order valence-corrected chi connectivity index (χ3v) is 4.54. The van der Waals surface area contributed by atoms with E-state index in [9.17, 15) is 4.79 Å². The fourth-order valence-corrected chi connectivity index (χ4v) is 2.73. The fraction of sp³-hybridized carbons (Fsp3) is 0.350. The first-order chi connectivity index (χ1) is 12.3. The Morgan fingerprint density at radius 2 is 1.77 bits per heavy atom. The van der Waals surface area contributed by atoms with E-state index in [0.717, 1.165) is 11.1 Å². The van der Waals surface area contributed by atoms with Crippen LogP contribution >= 0.6 is 11.6 Å². The van der Waals surface area contributed by atoms with Gasteiger partial charge in [-0.25, -0.2) is 4.79 Å². The normalized spacial score (nSPS) is 11.0. The molecule has 2 amide bonds. The van der Waals surface area contributed by atoms with Crippen molar-refractivity contribution in [2.75, 3.05) is 26.1 Å². The standard InChI is InChI=1S/C20H25ClN2O3/c1-13-6-8-15(21)11-16(13)23-19(24)22-12-20(2,3)14-7-9-17(25-4)18(10-14)26-5/h6-11H,12H2,1-5H3,(H2,22,23,24). The number of benzene rings is 2. The molecule has 0 radical (unpaired) electrons. The zero-order valence-electron chi connectivity index (χ0n) is 15.8. The van der Waals surface area contributed by atoms with E-state index in [0.29, 0.717) is 28.8 Å². The van der Waals surface area contributed by atoms with Gasteiger partial charge in [-0.3, -0.25) is 0 Å². The molecule has 5 nitrogen and oxygen atoms in total. The SMILES string of the molecule is COc1ccc(C(C)(C)CNC(=O)Nc2cc(Cl)ccc2C)cc1OC. The van der Waals surface area contributed by atoms with Crippen molar-refractivity contribution in [3.63, 3.8) is 0 Å². The van der Waals surface area contributed by atoms with Crippen LogP contribution in [0.5, 0.6) is 11.5 Å². The van der Waals surface area contributed by atoms with Crippen molar-refractivity contribution >= 4 is 23.3 Å². The second-order valence-electron chi connectivity index (χ2n) is 6.72. The van der Waals surface area contributed by atoms with Crippen LogP contribution in [0.1, 0.15) is 25.0 Å². The van der Waals surface area contributed by atoms with Gasteiger partial charge in [0.15, 0.2) is 11.5 Å². The summed E-state index contributed by atoms with van der Waals surface area (Å²) in [6.45, 7) is 6.48. The highest BCUT2D eigenvalue weighted by atomic mass is 35.5. The lowest BCUT2D eigenvalue weighted by Gasteiger charge is -2.26. The van der Waals surface area contributed by atoms with Crippen molar-refractivity contribution in [1.29, 1.82) is 0 Å². The molecule has 2 N–H and O–H groups in total. The molecule has 0 fully saturated rings. The van der Waals surface area contributed by atoms with Crippen LogP contribution in [-0.2, 0) is 5.41 Å². The number of halogens is 1. The molecule has 0 aromatic heterocycles.